The lowest BCUT2D eigenvalue weighted by Crippen LogP contribution is -2.33. The second-order valence-corrected chi connectivity index (χ2v) is 7.26. The summed E-state index contributed by atoms with van der Waals surface area (Å²) in [6.45, 7) is 6.53. The number of carbonyl (C=O) groups excluding carboxylic acids is 2. The van der Waals surface area contributed by atoms with Crippen LogP contribution in [0.3, 0.4) is 0 Å². The fraction of sp³-hybridized carbons (Fsp3) is 0.556. The third-order valence-corrected chi connectivity index (χ3v) is 4.20. The predicted octanol–water partition coefficient (Wildman–Crippen LogP) is 1.86. The molecular weight excluding hydrogens is 322 g/mol. The SMILES string of the molecule is COc1cc(NC(=O)C(C)(C)C)c(C(=O)N2CC[C@@H](N)C2)cc1OC. The minimum absolute atomic E-state index is 0.0169. The highest BCUT2D eigenvalue weighted by molar-refractivity contribution is 6.05. The van der Waals surface area contributed by atoms with Crippen LogP contribution in [0.1, 0.15) is 37.6 Å². The molecule has 2 rings (SSSR count). The van der Waals surface area contributed by atoms with Gasteiger partial charge in [-0.2, -0.15) is 0 Å². The first-order chi connectivity index (χ1) is 11.7. The van der Waals surface area contributed by atoms with E-state index in [0.717, 1.165) is 6.42 Å². The number of nitrogens with one attached hydrogen (secondary N) is 1. The van der Waals surface area contributed by atoms with Gasteiger partial charge in [-0.15, -0.1) is 0 Å². The van der Waals surface area contributed by atoms with Crippen molar-refractivity contribution in [3.8, 4) is 11.5 Å². The van der Waals surface area contributed by atoms with Gasteiger partial charge in [0, 0.05) is 30.6 Å². The zero-order valence-electron chi connectivity index (χ0n) is 15.5. The number of likely N-dealkylation sites (tertiary alicyclic amines) is 1. The van der Waals surface area contributed by atoms with E-state index in [1.165, 1.54) is 14.2 Å². The first-order valence-electron chi connectivity index (χ1n) is 8.29. The van der Waals surface area contributed by atoms with E-state index in [9.17, 15) is 9.59 Å². The summed E-state index contributed by atoms with van der Waals surface area (Å²) in [5.74, 6) is 0.509. The van der Waals surface area contributed by atoms with Crippen LogP contribution in [0.2, 0.25) is 0 Å². The summed E-state index contributed by atoms with van der Waals surface area (Å²) in [6.07, 6.45) is 0.767. The molecule has 25 heavy (non-hydrogen) atoms. The lowest BCUT2D eigenvalue weighted by Gasteiger charge is -2.23. The molecule has 1 aromatic rings. The Kier molecular flexibility index (Phi) is 5.57. The van der Waals surface area contributed by atoms with Gasteiger partial charge in [0.25, 0.3) is 5.91 Å². The van der Waals surface area contributed by atoms with E-state index in [2.05, 4.69) is 5.32 Å². The van der Waals surface area contributed by atoms with E-state index >= 15 is 0 Å². The fourth-order valence-corrected chi connectivity index (χ4v) is 2.61. The molecule has 7 heteroatoms. The van der Waals surface area contributed by atoms with E-state index in [-0.39, 0.29) is 17.9 Å². The van der Waals surface area contributed by atoms with Crippen molar-refractivity contribution in [3.05, 3.63) is 17.7 Å². The molecule has 1 fully saturated rings. The first-order valence-corrected chi connectivity index (χ1v) is 8.29. The summed E-state index contributed by atoms with van der Waals surface area (Å²) in [6, 6.07) is 3.20. The summed E-state index contributed by atoms with van der Waals surface area (Å²) in [5, 5.41) is 2.84. The summed E-state index contributed by atoms with van der Waals surface area (Å²) < 4.78 is 10.6. The van der Waals surface area contributed by atoms with Crippen LogP contribution in [0, 0.1) is 5.41 Å². The number of hydrogen-bond acceptors (Lipinski definition) is 5. The Morgan fingerprint density at radius 2 is 1.80 bits per heavy atom. The number of ether oxygens (including phenoxy) is 2. The maximum absolute atomic E-state index is 12.9. The van der Waals surface area contributed by atoms with Crippen molar-refractivity contribution in [2.45, 2.75) is 33.2 Å². The van der Waals surface area contributed by atoms with Gasteiger partial charge in [-0.25, -0.2) is 0 Å². The third kappa shape index (κ3) is 4.22. The molecule has 138 valence electrons. The Balaban J connectivity index is 2.44. The van der Waals surface area contributed by atoms with Crippen LogP contribution in [0.4, 0.5) is 5.69 Å². The number of methoxy groups -OCH3 is 2. The van der Waals surface area contributed by atoms with Crippen molar-refractivity contribution in [2.24, 2.45) is 11.1 Å². The Morgan fingerprint density at radius 3 is 2.28 bits per heavy atom. The van der Waals surface area contributed by atoms with Crippen LogP contribution in [-0.2, 0) is 4.79 Å². The van der Waals surface area contributed by atoms with Gasteiger partial charge in [-0.3, -0.25) is 9.59 Å². The number of rotatable bonds is 4. The maximum atomic E-state index is 12.9. The molecule has 1 aliphatic rings. The molecule has 1 aliphatic heterocycles. The van der Waals surface area contributed by atoms with E-state index in [0.29, 0.717) is 35.8 Å². The molecule has 1 saturated heterocycles. The molecule has 3 N–H and O–H groups in total. The normalized spacial score (nSPS) is 17.4. The molecule has 1 aromatic carbocycles. The summed E-state index contributed by atoms with van der Waals surface area (Å²) >= 11 is 0. The zero-order valence-corrected chi connectivity index (χ0v) is 15.5. The molecule has 0 aromatic heterocycles. The van der Waals surface area contributed by atoms with Gasteiger partial charge in [0.2, 0.25) is 5.91 Å². The topological polar surface area (TPSA) is 93.9 Å². The van der Waals surface area contributed by atoms with Gasteiger partial charge in [0.1, 0.15) is 0 Å². The monoisotopic (exact) mass is 349 g/mol. The number of nitrogens with two attached hydrogens (primary N) is 1. The van der Waals surface area contributed by atoms with Gasteiger partial charge in [-0.05, 0) is 12.5 Å². The third-order valence-electron chi connectivity index (χ3n) is 4.20. The summed E-state index contributed by atoms with van der Waals surface area (Å²) in [7, 11) is 3.01. The predicted molar refractivity (Wildman–Crippen MR) is 96.1 cm³/mol. The van der Waals surface area contributed by atoms with Crippen molar-refractivity contribution in [1.29, 1.82) is 0 Å². The highest BCUT2D eigenvalue weighted by Gasteiger charge is 2.29. The van der Waals surface area contributed by atoms with Crippen molar-refractivity contribution < 1.29 is 19.1 Å². The quantitative estimate of drug-likeness (QED) is 0.865. The number of benzene rings is 1. The van der Waals surface area contributed by atoms with E-state index in [1.54, 1.807) is 17.0 Å². The molecule has 0 bridgehead atoms. The smallest absolute Gasteiger partial charge is 0.256 e. The molecule has 0 spiro atoms. The van der Waals surface area contributed by atoms with E-state index < -0.39 is 5.41 Å². The average molecular weight is 349 g/mol. The van der Waals surface area contributed by atoms with Gasteiger partial charge >= 0.3 is 0 Å². The molecule has 1 heterocycles. The maximum Gasteiger partial charge on any atom is 0.256 e. The zero-order chi connectivity index (χ0) is 18.8. The highest BCUT2D eigenvalue weighted by atomic mass is 16.5. The Hall–Kier alpha value is -2.28. The Bertz CT molecular complexity index is 667. The highest BCUT2D eigenvalue weighted by Crippen LogP contribution is 2.35. The van der Waals surface area contributed by atoms with Crippen molar-refractivity contribution in [3.63, 3.8) is 0 Å². The van der Waals surface area contributed by atoms with Crippen LogP contribution in [0.25, 0.3) is 0 Å². The summed E-state index contributed by atoms with van der Waals surface area (Å²) in [5.41, 5.74) is 6.09. The number of anilines is 1. The molecule has 7 nitrogen and oxygen atoms in total. The second kappa shape index (κ2) is 7.31. The fourth-order valence-electron chi connectivity index (χ4n) is 2.61. The largest absolute Gasteiger partial charge is 0.493 e. The standard InChI is InChI=1S/C18H27N3O4/c1-18(2,3)17(23)20-13-9-15(25-5)14(24-4)8-12(13)16(22)21-7-6-11(19)10-21/h8-9,11H,6-7,10,19H2,1-5H3,(H,20,23)/t11-/m1/s1. The number of carbonyl (C=O) groups is 2. The molecule has 0 saturated carbocycles. The number of amides is 2. The van der Waals surface area contributed by atoms with Crippen LogP contribution in [0.15, 0.2) is 12.1 Å². The second-order valence-electron chi connectivity index (χ2n) is 7.26. The minimum Gasteiger partial charge on any atom is -0.493 e. The van der Waals surface area contributed by atoms with Crippen LogP contribution in [-0.4, -0.2) is 50.1 Å². The lowest BCUT2D eigenvalue weighted by atomic mass is 9.95. The van der Waals surface area contributed by atoms with Crippen LogP contribution in [0.5, 0.6) is 11.5 Å². The molecule has 0 aliphatic carbocycles. The minimum atomic E-state index is -0.594. The van der Waals surface area contributed by atoms with Crippen LogP contribution < -0.4 is 20.5 Å². The van der Waals surface area contributed by atoms with Gasteiger partial charge in [-0.1, -0.05) is 20.8 Å². The molecule has 2 amide bonds. The number of hydrogen-bond donors (Lipinski definition) is 2. The molecule has 1 atom stereocenters. The molecule has 0 radical (unpaired) electrons. The number of nitrogens with zero attached hydrogens (tertiary/aromatic N) is 1. The van der Waals surface area contributed by atoms with Gasteiger partial charge < -0.3 is 25.4 Å². The van der Waals surface area contributed by atoms with Gasteiger partial charge in [0.05, 0.1) is 25.5 Å². The molecule has 0 unspecified atom stereocenters. The molecular formula is C18H27N3O4. The average Bonchev–Trinajstić information content (AvgIpc) is 2.99. The van der Waals surface area contributed by atoms with Crippen molar-refractivity contribution in [2.75, 3.05) is 32.6 Å². The van der Waals surface area contributed by atoms with Crippen molar-refractivity contribution >= 4 is 17.5 Å². The first kappa shape index (κ1) is 19.1. The van der Waals surface area contributed by atoms with Gasteiger partial charge in [0.15, 0.2) is 11.5 Å². The lowest BCUT2D eigenvalue weighted by molar-refractivity contribution is -0.123. The Labute approximate surface area is 148 Å². The summed E-state index contributed by atoms with van der Waals surface area (Å²) in [4.78, 5) is 27.0. The Morgan fingerprint density at radius 1 is 1.20 bits per heavy atom. The van der Waals surface area contributed by atoms with Crippen molar-refractivity contribution in [1.82, 2.24) is 4.90 Å². The van der Waals surface area contributed by atoms with E-state index in [1.807, 2.05) is 20.8 Å². The van der Waals surface area contributed by atoms with E-state index in [4.69, 9.17) is 15.2 Å². The van der Waals surface area contributed by atoms with Crippen LogP contribution >= 0.6 is 0 Å².